The van der Waals surface area contributed by atoms with Gasteiger partial charge in [0.15, 0.2) is 5.82 Å². The Balaban J connectivity index is 1.70. The van der Waals surface area contributed by atoms with Crippen LogP contribution in [0.5, 0.6) is 11.9 Å². The number of nitrogens with one attached hydrogen (secondary N) is 2. The summed E-state index contributed by atoms with van der Waals surface area (Å²) in [4.78, 5) is 26.8. The first kappa shape index (κ1) is 17.2. The number of aromatic amines is 1. The lowest BCUT2D eigenvalue weighted by Gasteiger charge is -2.11. The van der Waals surface area contributed by atoms with E-state index in [2.05, 4.69) is 25.3 Å². The number of rotatable bonds is 3. The van der Waals surface area contributed by atoms with Gasteiger partial charge in [0.05, 0.1) is 9.13 Å². The summed E-state index contributed by atoms with van der Waals surface area (Å²) in [6.45, 7) is 0.546. The van der Waals surface area contributed by atoms with Gasteiger partial charge in [-0.1, -0.05) is 11.6 Å². The molecule has 0 unspecified atom stereocenters. The van der Waals surface area contributed by atoms with Crippen molar-refractivity contribution in [2.24, 2.45) is 0 Å². The van der Waals surface area contributed by atoms with Crippen LogP contribution in [-0.2, 0) is 6.42 Å². The highest BCUT2D eigenvalue weighted by atomic mass is 127. The third-order valence-corrected chi connectivity index (χ3v) is 5.22. The molecule has 2 N–H and O–H groups in total. The zero-order valence-electron chi connectivity index (χ0n) is 13.0. The van der Waals surface area contributed by atoms with E-state index in [1.165, 1.54) is 18.5 Å². The summed E-state index contributed by atoms with van der Waals surface area (Å²) in [6.07, 6.45) is 3.53. The van der Waals surface area contributed by atoms with E-state index in [0.717, 1.165) is 5.69 Å². The molecule has 132 valence electrons. The zero-order valence-corrected chi connectivity index (χ0v) is 15.9. The second kappa shape index (κ2) is 6.80. The van der Waals surface area contributed by atoms with Gasteiger partial charge in [0, 0.05) is 42.3 Å². The topological polar surface area (TPSA) is 92.8 Å². The maximum absolute atomic E-state index is 14.9. The highest BCUT2D eigenvalue weighted by Gasteiger charge is 2.22. The first-order valence-corrected chi connectivity index (χ1v) is 8.99. The Morgan fingerprint density at radius 2 is 2.15 bits per heavy atom. The molecule has 10 heteroatoms. The van der Waals surface area contributed by atoms with Gasteiger partial charge in [0.1, 0.15) is 5.15 Å². The van der Waals surface area contributed by atoms with Crippen molar-refractivity contribution in [2.75, 3.05) is 6.54 Å². The molecular formula is C16H10ClFIN5O2. The predicted octanol–water partition coefficient (Wildman–Crippen LogP) is 3.34. The molecule has 3 aromatic heterocycles. The Bertz CT molecular complexity index is 1030. The maximum atomic E-state index is 14.9. The summed E-state index contributed by atoms with van der Waals surface area (Å²) in [5.74, 6) is -1.15. The number of nitrogens with zero attached hydrogens (tertiary/aromatic N) is 3. The zero-order chi connectivity index (χ0) is 18.3. The minimum absolute atomic E-state index is 0.107. The molecule has 4 heterocycles. The van der Waals surface area contributed by atoms with Crippen LogP contribution in [0.1, 0.15) is 16.1 Å². The molecule has 0 aromatic carbocycles. The van der Waals surface area contributed by atoms with Gasteiger partial charge in [0.25, 0.3) is 11.8 Å². The first-order chi connectivity index (χ1) is 12.5. The molecule has 0 atom stereocenters. The quantitative estimate of drug-likeness (QED) is 0.439. The lowest BCUT2D eigenvalue weighted by atomic mass is 10.1. The van der Waals surface area contributed by atoms with Crippen molar-refractivity contribution in [3.8, 4) is 23.1 Å². The summed E-state index contributed by atoms with van der Waals surface area (Å²) < 4.78 is 20.9. The normalized spacial score (nSPS) is 13.3. The molecule has 1 amide bonds. The average molecular weight is 486 g/mol. The van der Waals surface area contributed by atoms with Crippen molar-refractivity contribution in [1.29, 1.82) is 0 Å². The summed E-state index contributed by atoms with van der Waals surface area (Å²) in [5, 5.41) is 2.96. The van der Waals surface area contributed by atoms with Crippen molar-refractivity contribution in [3.63, 3.8) is 0 Å². The van der Waals surface area contributed by atoms with Crippen LogP contribution in [0.4, 0.5) is 4.39 Å². The minimum Gasteiger partial charge on any atom is -0.402 e. The van der Waals surface area contributed by atoms with Crippen molar-refractivity contribution in [1.82, 2.24) is 25.3 Å². The van der Waals surface area contributed by atoms with Gasteiger partial charge in [-0.2, -0.15) is 4.98 Å². The molecule has 0 fully saturated rings. The molecule has 26 heavy (non-hydrogen) atoms. The van der Waals surface area contributed by atoms with Crippen LogP contribution in [0, 0.1) is 9.39 Å². The fraction of sp³-hybridized carbons (Fsp3) is 0.125. The van der Waals surface area contributed by atoms with E-state index in [0.29, 0.717) is 27.8 Å². The summed E-state index contributed by atoms with van der Waals surface area (Å²) in [5.41, 5.74) is 1.99. The van der Waals surface area contributed by atoms with Crippen molar-refractivity contribution >= 4 is 40.1 Å². The van der Waals surface area contributed by atoms with Crippen LogP contribution in [-0.4, -0.2) is 32.4 Å². The lowest BCUT2D eigenvalue weighted by molar-refractivity contribution is 0.0946. The lowest BCUT2D eigenvalue weighted by Crippen LogP contribution is -2.31. The van der Waals surface area contributed by atoms with E-state index in [4.69, 9.17) is 16.3 Å². The number of carbonyl (C=O) groups is 1. The number of fused-ring (bicyclic) bond motifs is 1. The van der Waals surface area contributed by atoms with E-state index >= 15 is 0 Å². The van der Waals surface area contributed by atoms with Crippen molar-refractivity contribution in [3.05, 3.63) is 50.3 Å². The van der Waals surface area contributed by atoms with Crippen molar-refractivity contribution in [2.45, 2.75) is 6.42 Å². The number of H-pyrrole nitrogens is 1. The highest BCUT2D eigenvalue weighted by Crippen LogP contribution is 2.31. The fourth-order valence-corrected chi connectivity index (χ4v) is 2.99. The van der Waals surface area contributed by atoms with Gasteiger partial charge in [-0.15, -0.1) is 0 Å². The van der Waals surface area contributed by atoms with Crippen LogP contribution in [0.25, 0.3) is 11.3 Å². The molecule has 0 bridgehead atoms. The number of hydrogen-bond donors (Lipinski definition) is 2. The molecular weight excluding hydrogens is 476 g/mol. The average Bonchev–Trinajstić information content (AvgIpc) is 3.05. The Kier molecular flexibility index (Phi) is 4.49. The molecule has 1 aliphatic rings. The molecule has 0 aliphatic carbocycles. The van der Waals surface area contributed by atoms with Gasteiger partial charge in [0.2, 0.25) is 0 Å². The van der Waals surface area contributed by atoms with E-state index in [1.807, 2.05) is 22.6 Å². The van der Waals surface area contributed by atoms with Gasteiger partial charge in [-0.3, -0.25) is 4.79 Å². The largest absolute Gasteiger partial charge is 0.402 e. The molecule has 0 saturated heterocycles. The molecule has 0 spiro atoms. The molecule has 0 saturated carbocycles. The Morgan fingerprint density at radius 1 is 1.31 bits per heavy atom. The number of halogens is 3. The number of pyridine rings is 1. The first-order valence-electron chi connectivity index (χ1n) is 7.54. The molecule has 0 radical (unpaired) electrons. The van der Waals surface area contributed by atoms with E-state index in [9.17, 15) is 9.18 Å². The number of carbonyl (C=O) groups excluding carboxylic acids is 1. The van der Waals surface area contributed by atoms with E-state index in [1.54, 1.807) is 6.07 Å². The van der Waals surface area contributed by atoms with E-state index in [-0.39, 0.29) is 28.5 Å². The summed E-state index contributed by atoms with van der Waals surface area (Å²) in [7, 11) is 0. The van der Waals surface area contributed by atoms with Gasteiger partial charge < -0.3 is 15.0 Å². The maximum Gasteiger partial charge on any atom is 0.324 e. The number of aromatic nitrogens is 4. The molecule has 1 aliphatic heterocycles. The van der Waals surface area contributed by atoms with Crippen LogP contribution >= 0.6 is 34.2 Å². The monoisotopic (exact) mass is 485 g/mol. The highest BCUT2D eigenvalue weighted by molar-refractivity contribution is 14.1. The van der Waals surface area contributed by atoms with Crippen LogP contribution < -0.4 is 10.1 Å². The second-order valence-electron chi connectivity index (χ2n) is 5.45. The molecule has 4 rings (SSSR count). The van der Waals surface area contributed by atoms with Crippen LogP contribution in [0.15, 0.2) is 24.5 Å². The number of amides is 1. The van der Waals surface area contributed by atoms with Gasteiger partial charge >= 0.3 is 6.01 Å². The fourth-order valence-electron chi connectivity index (χ4n) is 2.61. The Hall–Kier alpha value is -2.27. The minimum atomic E-state index is -0.690. The summed E-state index contributed by atoms with van der Waals surface area (Å²) in [6, 6.07) is 3.01. The number of ether oxygens (including phenoxy) is 1. The Labute approximate surface area is 165 Å². The number of hydrogen-bond acceptors (Lipinski definition) is 5. The second-order valence-corrected chi connectivity index (χ2v) is 6.97. The predicted molar refractivity (Wildman–Crippen MR) is 99.9 cm³/mol. The van der Waals surface area contributed by atoms with Gasteiger partial charge in [-0.05, 0) is 34.7 Å². The smallest absolute Gasteiger partial charge is 0.324 e. The SMILES string of the molecule is O=C1NCCc2[nH]c(-c3ccnc(Oc4ncc(I)c(Cl)n4)c3F)cc21. The standard InChI is InChI=1S/C16H10ClFIN5O2/c17-13-9(19)6-22-16(24-13)26-15-12(18)7(1-3-21-15)11-5-8-10(23-11)2-4-20-14(8)25/h1,3,5-6,23H,2,4H2,(H,20,25). The summed E-state index contributed by atoms with van der Waals surface area (Å²) >= 11 is 7.90. The third kappa shape index (κ3) is 3.12. The van der Waals surface area contributed by atoms with Gasteiger partial charge in [-0.25, -0.2) is 14.4 Å². The van der Waals surface area contributed by atoms with Crippen LogP contribution in [0.3, 0.4) is 0 Å². The molecule has 7 nitrogen and oxygen atoms in total. The molecule has 3 aromatic rings. The third-order valence-electron chi connectivity index (χ3n) is 3.82. The van der Waals surface area contributed by atoms with Crippen molar-refractivity contribution < 1.29 is 13.9 Å². The Morgan fingerprint density at radius 3 is 2.92 bits per heavy atom. The van der Waals surface area contributed by atoms with E-state index < -0.39 is 5.82 Å². The van der Waals surface area contributed by atoms with Crippen LogP contribution in [0.2, 0.25) is 5.15 Å².